The van der Waals surface area contributed by atoms with Gasteiger partial charge in [0.1, 0.15) is 0 Å². The summed E-state index contributed by atoms with van der Waals surface area (Å²) in [7, 11) is 0. The molecule has 12 nitrogen and oxygen atoms in total. The van der Waals surface area contributed by atoms with Gasteiger partial charge in [-0.1, -0.05) is 52.4 Å². The summed E-state index contributed by atoms with van der Waals surface area (Å²) >= 11 is 2.10. The maximum atomic E-state index is 13.9. The van der Waals surface area contributed by atoms with E-state index in [4.69, 9.17) is 18.9 Å². The van der Waals surface area contributed by atoms with Crippen LogP contribution in [0, 0.1) is 11.8 Å². The van der Waals surface area contributed by atoms with Crippen LogP contribution in [0.5, 0.6) is 11.8 Å². The molecular weight excluding hydrogens is 629 g/mol. The Kier molecular flexibility index (Phi) is 11.1. The molecule has 14 heteroatoms. The summed E-state index contributed by atoms with van der Waals surface area (Å²) in [5.41, 5.74) is -1.22. The Balaban J connectivity index is 1.22. The van der Waals surface area contributed by atoms with Crippen molar-refractivity contribution in [3.8, 4) is 11.8 Å². The van der Waals surface area contributed by atoms with Crippen LogP contribution in [-0.4, -0.2) is 91.7 Å². The first-order valence-electron chi connectivity index (χ1n) is 17.3. The standard InChI is InChI=1S/C32H48N6O6S2/c1-3-5-7-9-19-41-27-25(33-45-35-27)31(21-37-15-11-23(31)12-16-37)43-29(39)30(40)44-32(22-38-17-13-24(32)14-18-38)26-28(36-46-34-26)42-20-10-8-6-4-2/h23-24H,3-22H2,1-2H3. The van der Waals surface area contributed by atoms with Gasteiger partial charge in [0.2, 0.25) is 0 Å². The van der Waals surface area contributed by atoms with Crippen LogP contribution in [0.2, 0.25) is 0 Å². The van der Waals surface area contributed by atoms with E-state index in [1.54, 1.807) is 0 Å². The van der Waals surface area contributed by atoms with Gasteiger partial charge >= 0.3 is 11.9 Å². The average molecular weight is 677 g/mol. The number of rotatable bonds is 16. The quantitative estimate of drug-likeness (QED) is 0.136. The highest BCUT2D eigenvalue weighted by atomic mass is 32.1. The van der Waals surface area contributed by atoms with Gasteiger partial charge in [-0.15, -0.1) is 8.75 Å². The molecule has 0 saturated carbocycles. The number of hydrogen-bond acceptors (Lipinski definition) is 14. The molecule has 0 amide bonds. The SMILES string of the molecule is CCCCCCOc1nsnc1C1(OC(=O)C(=O)OC2(c3nsnc3OCCCCCC)CN3CCC2CC3)CN2CCC1CC2. The van der Waals surface area contributed by atoms with Crippen molar-refractivity contribution >= 4 is 35.4 Å². The van der Waals surface area contributed by atoms with Crippen LogP contribution in [0.25, 0.3) is 0 Å². The van der Waals surface area contributed by atoms with E-state index in [2.05, 4.69) is 41.1 Å². The van der Waals surface area contributed by atoms with E-state index in [9.17, 15) is 9.59 Å². The zero-order valence-electron chi connectivity index (χ0n) is 27.2. The van der Waals surface area contributed by atoms with Crippen LogP contribution in [0.15, 0.2) is 0 Å². The molecule has 6 saturated heterocycles. The predicted octanol–water partition coefficient (Wildman–Crippen LogP) is 4.94. The molecule has 0 spiro atoms. The Morgan fingerprint density at radius 1 is 0.652 bits per heavy atom. The van der Waals surface area contributed by atoms with E-state index in [1.165, 1.54) is 0 Å². The molecule has 2 atom stereocenters. The van der Waals surface area contributed by atoms with Gasteiger partial charge in [0.25, 0.3) is 11.8 Å². The van der Waals surface area contributed by atoms with Crippen molar-refractivity contribution in [2.75, 3.05) is 52.5 Å². The van der Waals surface area contributed by atoms with Crippen LogP contribution < -0.4 is 9.47 Å². The lowest BCUT2D eigenvalue weighted by molar-refractivity contribution is -0.212. The van der Waals surface area contributed by atoms with Crippen LogP contribution in [0.1, 0.15) is 102 Å². The predicted molar refractivity (Wildman–Crippen MR) is 173 cm³/mol. The second-order valence-electron chi connectivity index (χ2n) is 13.3. The highest BCUT2D eigenvalue weighted by Gasteiger charge is 2.58. The lowest BCUT2D eigenvalue weighted by Gasteiger charge is -2.52. The summed E-state index contributed by atoms with van der Waals surface area (Å²) in [4.78, 5) is 32.3. The first-order chi connectivity index (χ1) is 22.5. The Morgan fingerprint density at radius 2 is 1.07 bits per heavy atom. The molecule has 8 heterocycles. The summed E-state index contributed by atoms with van der Waals surface area (Å²) in [5.74, 6) is -1.23. The smallest absolute Gasteiger partial charge is 0.418 e. The Morgan fingerprint density at radius 3 is 1.41 bits per heavy atom. The molecule has 0 N–H and O–H groups in total. The van der Waals surface area contributed by atoms with Gasteiger partial charge in [-0.3, -0.25) is 9.80 Å². The number of esters is 2. The van der Waals surface area contributed by atoms with E-state index in [0.717, 1.165) is 127 Å². The van der Waals surface area contributed by atoms with Crippen molar-refractivity contribution in [2.24, 2.45) is 11.8 Å². The highest BCUT2D eigenvalue weighted by Crippen LogP contribution is 2.50. The minimum absolute atomic E-state index is 0.00167. The fourth-order valence-electron chi connectivity index (χ4n) is 7.78. The van der Waals surface area contributed by atoms with Crippen molar-refractivity contribution in [1.82, 2.24) is 27.3 Å². The zero-order valence-corrected chi connectivity index (χ0v) is 28.9. The fraction of sp³-hybridized carbons (Fsp3) is 0.812. The Labute approximate surface area is 280 Å². The topological polar surface area (TPSA) is 129 Å². The zero-order chi connectivity index (χ0) is 32.0. The van der Waals surface area contributed by atoms with Gasteiger partial charge in [-0.25, -0.2) is 9.59 Å². The molecule has 46 heavy (non-hydrogen) atoms. The van der Waals surface area contributed by atoms with Gasteiger partial charge in [-0.05, 0) is 64.7 Å². The van der Waals surface area contributed by atoms with Crippen molar-refractivity contribution in [3.63, 3.8) is 0 Å². The summed E-state index contributed by atoms with van der Waals surface area (Å²) < 4.78 is 43.0. The van der Waals surface area contributed by atoms with Crippen molar-refractivity contribution in [2.45, 2.75) is 102 Å². The number of hydrogen-bond donors (Lipinski definition) is 0. The Hall–Kier alpha value is -2.42. The normalized spacial score (nSPS) is 29.9. The molecule has 0 aliphatic carbocycles. The number of piperidine rings is 6. The molecule has 2 unspecified atom stereocenters. The minimum atomic E-state index is -1.13. The van der Waals surface area contributed by atoms with Gasteiger partial charge in [-0.2, -0.15) is 8.75 Å². The van der Waals surface area contributed by atoms with Crippen molar-refractivity contribution < 1.29 is 28.5 Å². The number of aromatic nitrogens is 4. The van der Waals surface area contributed by atoms with Crippen molar-refractivity contribution in [3.05, 3.63) is 11.4 Å². The molecule has 6 aliphatic heterocycles. The van der Waals surface area contributed by atoms with Gasteiger partial charge < -0.3 is 18.9 Å². The van der Waals surface area contributed by atoms with Gasteiger partial charge in [0.15, 0.2) is 22.6 Å². The number of fused-ring (bicyclic) bond motifs is 6. The number of ether oxygens (including phenoxy) is 4. The van der Waals surface area contributed by atoms with Crippen molar-refractivity contribution in [1.29, 1.82) is 0 Å². The lowest BCUT2D eigenvalue weighted by Crippen LogP contribution is -2.61. The molecule has 254 valence electrons. The number of nitrogens with zero attached hydrogens (tertiary/aromatic N) is 6. The maximum absolute atomic E-state index is 13.9. The third-order valence-electron chi connectivity index (χ3n) is 10.3. The molecule has 6 aliphatic rings. The molecular formula is C32H48N6O6S2. The summed E-state index contributed by atoms with van der Waals surface area (Å²) in [6, 6.07) is 0. The van der Waals surface area contributed by atoms with E-state index < -0.39 is 23.1 Å². The van der Waals surface area contributed by atoms with Gasteiger partial charge in [0.05, 0.1) is 36.7 Å². The highest BCUT2D eigenvalue weighted by molar-refractivity contribution is 6.99. The summed E-state index contributed by atoms with van der Waals surface area (Å²) in [6.07, 6.45) is 11.9. The molecule has 8 rings (SSSR count). The number of carbonyl (C=O) groups excluding carboxylic acids is 2. The van der Waals surface area contributed by atoms with Crippen LogP contribution in [0.3, 0.4) is 0 Å². The van der Waals surface area contributed by atoms with Crippen LogP contribution in [-0.2, 0) is 30.3 Å². The van der Waals surface area contributed by atoms with Crippen LogP contribution >= 0.6 is 23.5 Å². The number of unbranched alkanes of at least 4 members (excludes halogenated alkanes) is 6. The molecule has 0 aromatic carbocycles. The summed E-state index contributed by atoms with van der Waals surface area (Å²) in [5, 5.41) is 0. The van der Waals surface area contributed by atoms with Crippen LogP contribution in [0.4, 0.5) is 0 Å². The molecule has 4 bridgehead atoms. The monoisotopic (exact) mass is 676 g/mol. The van der Waals surface area contributed by atoms with E-state index in [-0.39, 0.29) is 11.8 Å². The van der Waals surface area contributed by atoms with E-state index >= 15 is 0 Å². The first kappa shape index (κ1) is 33.5. The molecule has 2 aromatic rings. The van der Waals surface area contributed by atoms with Gasteiger partial charge in [0, 0.05) is 24.9 Å². The van der Waals surface area contributed by atoms with E-state index in [1.807, 2.05) is 0 Å². The summed E-state index contributed by atoms with van der Waals surface area (Å²) in [6.45, 7) is 9.94. The largest absolute Gasteiger partial charge is 0.476 e. The average Bonchev–Trinajstić information content (AvgIpc) is 3.76. The molecule has 0 radical (unpaired) electrons. The lowest BCUT2D eigenvalue weighted by atomic mass is 9.73. The third-order valence-corrected chi connectivity index (χ3v) is 11.3. The second kappa shape index (κ2) is 15.2. The fourth-order valence-corrected chi connectivity index (χ4v) is 8.92. The molecule has 2 aromatic heterocycles. The number of carbonyl (C=O) groups is 2. The molecule has 6 fully saturated rings. The third kappa shape index (κ3) is 6.91. The Bertz CT molecular complexity index is 1210. The maximum Gasteiger partial charge on any atom is 0.418 e. The minimum Gasteiger partial charge on any atom is -0.476 e. The van der Waals surface area contributed by atoms with E-state index in [0.29, 0.717) is 49.5 Å². The second-order valence-corrected chi connectivity index (χ2v) is 14.4. The first-order valence-corrected chi connectivity index (χ1v) is 18.8.